The predicted octanol–water partition coefficient (Wildman–Crippen LogP) is 1.07. The first-order valence-electron chi connectivity index (χ1n) is 4.10. The molecule has 0 fully saturated rings. The van der Waals surface area contributed by atoms with E-state index >= 15 is 0 Å². The van der Waals surface area contributed by atoms with E-state index in [9.17, 15) is 0 Å². The molecule has 0 aliphatic heterocycles. The van der Waals surface area contributed by atoms with Crippen LogP contribution in [0, 0.1) is 0 Å². The molecule has 0 bridgehead atoms. The second kappa shape index (κ2) is 5.07. The number of aliphatic hydroxyl groups is 1. The molecule has 3 nitrogen and oxygen atoms in total. The quantitative estimate of drug-likeness (QED) is 0.682. The SMILES string of the molecule is NCC(CO)Nc1ccccc1Cl. The number of nitrogens with one attached hydrogen (secondary N) is 1. The highest BCUT2D eigenvalue weighted by atomic mass is 35.5. The maximum atomic E-state index is 8.89. The molecule has 4 N–H and O–H groups in total. The number of halogens is 1. The lowest BCUT2D eigenvalue weighted by molar-refractivity contribution is 0.276. The third-order valence-corrected chi connectivity index (χ3v) is 2.07. The van der Waals surface area contributed by atoms with Gasteiger partial charge in [-0.1, -0.05) is 23.7 Å². The topological polar surface area (TPSA) is 58.3 Å². The summed E-state index contributed by atoms with van der Waals surface area (Å²) >= 11 is 5.90. The van der Waals surface area contributed by atoms with Crippen LogP contribution in [-0.4, -0.2) is 24.3 Å². The zero-order chi connectivity index (χ0) is 9.68. The van der Waals surface area contributed by atoms with Crippen LogP contribution in [0.3, 0.4) is 0 Å². The number of aliphatic hydroxyl groups excluding tert-OH is 1. The van der Waals surface area contributed by atoms with E-state index in [1.807, 2.05) is 18.2 Å². The molecule has 1 unspecified atom stereocenters. The minimum Gasteiger partial charge on any atom is -0.394 e. The fraction of sp³-hybridized carbons (Fsp3) is 0.333. The third-order valence-electron chi connectivity index (χ3n) is 1.74. The van der Waals surface area contributed by atoms with Gasteiger partial charge in [0.1, 0.15) is 0 Å². The van der Waals surface area contributed by atoms with Gasteiger partial charge in [0.05, 0.1) is 23.4 Å². The number of hydrogen-bond donors (Lipinski definition) is 3. The Morgan fingerprint density at radius 2 is 2.15 bits per heavy atom. The van der Waals surface area contributed by atoms with Crippen molar-refractivity contribution in [3.05, 3.63) is 29.3 Å². The van der Waals surface area contributed by atoms with Crippen molar-refractivity contribution in [3.8, 4) is 0 Å². The van der Waals surface area contributed by atoms with E-state index in [2.05, 4.69) is 5.32 Å². The summed E-state index contributed by atoms with van der Waals surface area (Å²) in [5.74, 6) is 0. The van der Waals surface area contributed by atoms with Crippen LogP contribution in [0.25, 0.3) is 0 Å². The minimum atomic E-state index is -0.139. The number of rotatable bonds is 4. The van der Waals surface area contributed by atoms with Gasteiger partial charge >= 0.3 is 0 Å². The number of para-hydroxylation sites is 1. The second-order valence-corrected chi connectivity index (χ2v) is 3.15. The van der Waals surface area contributed by atoms with Crippen LogP contribution >= 0.6 is 11.6 Å². The molecular formula is C9H13ClN2O. The van der Waals surface area contributed by atoms with E-state index in [1.54, 1.807) is 6.07 Å². The van der Waals surface area contributed by atoms with Gasteiger partial charge in [-0.3, -0.25) is 0 Å². The van der Waals surface area contributed by atoms with Crippen molar-refractivity contribution in [3.63, 3.8) is 0 Å². The van der Waals surface area contributed by atoms with Crippen molar-refractivity contribution in [2.45, 2.75) is 6.04 Å². The minimum absolute atomic E-state index is 0.00171. The highest BCUT2D eigenvalue weighted by Gasteiger charge is 2.05. The number of hydrogen-bond acceptors (Lipinski definition) is 3. The van der Waals surface area contributed by atoms with Crippen molar-refractivity contribution in [1.29, 1.82) is 0 Å². The highest BCUT2D eigenvalue weighted by molar-refractivity contribution is 6.33. The maximum Gasteiger partial charge on any atom is 0.0645 e. The molecule has 1 rings (SSSR count). The summed E-state index contributed by atoms with van der Waals surface area (Å²) in [6, 6.07) is 7.22. The van der Waals surface area contributed by atoms with E-state index in [4.69, 9.17) is 22.4 Å². The Morgan fingerprint density at radius 3 is 2.69 bits per heavy atom. The van der Waals surface area contributed by atoms with Crippen LogP contribution in [0.1, 0.15) is 0 Å². The zero-order valence-corrected chi connectivity index (χ0v) is 7.96. The van der Waals surface area contributed by atoms with Crippen molar-refractivity contribution in [2.75, 3.05) is 18.5 Å². The number of benzene rings is 1. The van der Waals surface area contributed by atoms with Crippen LogP contribution in [-0.2, 0) is 0 Å². The second-order valence-electron chi connectivity index (χ2n) is 2.74. The molecule has 0 aliphatic rings. The summed E-state index contributed by atoms with van der Waals surface area (Å²) < 4.78 is 0. The predicted molar refractivity (Wildman–Crippen MR) is 55.0 cm³/mol. The first-order chi connectivity index (χ1) is 6.27. The average molecular weight is 201 g/mol. The first-order valence-corrected chi connectivity index (χ1v) is 4.47. The fourth-order valence-electron chi connectivity index (χ4n) is 0.977. The van der Waals surface area contributed by atoms with Gasteiger partial charge in [0.15, 0.2) is 0 Å². The molecule has 72 valence electrons. The summed E-state index contributed by atoms with van der Waals surface area (Å²) in [7, 11) is 0. The Hall–Kier alpha value is -0.770. The van der Waals surface area contributed by atoms with Crippen LogP contribution < -0.4 is 11.1 Å². The summed E-state index contributed by atoms with van der Waals surface area (Å²) in [6.07, 6.45) is 0. The van der Waals surface area contributed by atoms with Crippen molar-refractivity contribution in [2.24, 2.45) is 5.73 Å². The normalized spacial score (nSPS) is 12.5. The van der Waals surface area contributed by atoms with Crippen molar-refractivity contribution < 1.29 is 5.11 Å². The molecule has 1 atom stereocenters. The fourth-order valence-corrected chi connectivity index (χ4v) is 1.17. The Balaban J connectivity index is 2.67. The Morgan fingerprint density at radius 1 is 1.46 bits per heavy atom. The average Bonchev–Trinajstić information content (AvgIpc) is 2.17. The van der Waals surface area contributed by atoms with E-state index in [1.165, 1.54) is 0 Å². The van der Waals surface area contributed by atoms with Crippen LogP contribution in [0.4, 0.5) is 5.69 Å². The molecule has 0 spiro atoms. The van der Waals surface area contributed by atoms with E-state index in [0.717, 1.165) is 5.69 Å². The maximum absolute atomic E-state index is 8.89. The Bertz CT molecular complexity index is 264. The molecule has 0 aromatic heterocycles. The molecule has 1 aromatic carbocycles. The molecule has 0 heterocycles. The largest absolute Gasteiger partial charge is 0.394 e. The summed E-state index contributed by atoms with van der Waals surface area (Å²) in [5.41, 5.74) is 6.22. The van der Waals surface area contributed by atoms with Gasteiger partial charge in [0.25, 0.3) is 0 Å². The molecular weight excluding hydrogens is 188 g/mol. The lowest BCUT2D eigenvalue weighted by Crippen LogP contribution is -2.32. The van der Waals surface area contributed by atoms with Crippen LogP contribution in [0.5, 0.6) is 0 Å². The number of anilines is 1. The van der Waals surface area contributed by atoms with Crippen molar-refractivity contribution in [1.82, 2.24) is 0 Å². The molecule has 4 heteroatoms. The lowest BCUT2D eigenvalue weighted by Gasteiger charge is -2.15. The Kier molecular flexibility index (Phi) is 4.02. The molecule has 0 aliphatic carbocycles. The summed E-state index contributed by atoms with van der Waals surface area (Å²) in [4.78, 5) is 0. The number of nitrogens with two attached hydrogens (primary N) is 1. The van der Waals surface area contributed by atoms with Crippen LogP contribution in [0.15, 0.2) is 24.3 Å². The smallest absolute Gasteiger partial charge is 0.0645 e. The summed E-state index contributed by atoms with van der Waals surface area (Å²) in [5, 5.41) is 12.6. The Labute approximate surface area is 82.5 Å². The standard InChI is InChI=1S/C9H13ClN2O/c10-8-3-1-2-4-9(8)12-7(5-11)6-13/h1-4,7,12-13H,5-6,11H2. The third kappa shape index (κ3) is 2.88. The van der Waals surface area contributed by atoms with Gasteiger partial charge in [-0.05, 0) is 12.1 Å². The van der Waals surface area contributed by atoms with Crippen LogP contribution in [0.2, 0.25) is 5.02 Å². The molecule has 0 saturated heterocycles. The molecule has 1 aromatic rings. The van der Waals surface area contributed by atoms with Gasteiger partial charge in [-0.25, -0.2) is 0 Å². The lowest BCUT2D eigenvalue weighted by atomic mass is 10.2. The summed E-state index contributed by atoms with van der Waals surface area (Å²) in [6.45, 7) is 0.378. The molecule has 0 radical (unpaired) electrons. The first kappa shape index (κ1) is 10.3. The van der Waals surface area contributed by atoms with Crippen molar-refractivity contribution >= 4 is 17.3 Å². The van der Waals surface area contributed by atoms with Gasteiger partial charge in [0.2, 0.25) is 0 Å². The molecule has 13 heavy (non-hydrogen) atoms. The highest BCUT2D eigenvalue weighted by Crippen LogP contribution is 2.20. The van der Waals surface area contributed by atoms with E-state index in [0.29, 0.717) is 11.6 Å². The van der Waals surface area contributed by atoms with E-state index < -0.39 is 0 Å². The van der Waals surface area contributed by atoms with Gasteiger partial charge in [0, 0.05) is 6.54 Å². The molecule has 0 saturated carbocycles. The molecule has 0 amide bonds. The van der Waals surface area contributed by atoms with Gasteiger partial charge in [-0.15, -0.1) is 0 Å². The zero-order valence-electron chi connectivity index (χ0n) is 7.20. The van der Waals surface area contributed by atoms with Gasteiger partial charge < -0.3 is 16.2 Å². The monoisotopic (exact) mass is 200 g/mol. The van der Waals surface area contributed by atoms with Gasteiger partial charge in [-0.2, -0.15) is 0 Å². The van der Waals surface area contributed by atoms with E-state index in [-0.39, 0.29) is 12.6 Å².